The van der Waals surface area contributed by atoms with Crippen LogP contribution in [0.3, 0.4) is 0 Å². The fraction of sp³-hybridized carbons (Fsp3) is 0.100. The van der Waals surface area contributed by atoms with Crippen LogP contribution in [-0.2, 0) is 0 Å². The van der Waals surface area contributed by atoms with Crippen LogP contribution in [0.5, 0.6) is 0 Å². The van der Waals surface area contributed by atoms with Gasteiger partial charge in [-0.05, 0) is 17.7 Å². The van der Waals surface area contributed by atoms with E-state index in [-0.39, 0.29) is 0 Å². The van der Waals surface area contributed by atoms with E-state index in [4.69, 9.17) is 5.53 Å². The van der Waals surface area contributed by atoms with E-state index in [1.807, 2.05) is 30.3 Å². The van der Waals surface area contributed by atoms with Crippen molar-refractivity contribution in [2.45, 2.75) is 0 Å². The minimum Gasteiger partial charge on any atom is -0.277 e. The number of hydrogen-bond donors (Lipinski definition) is 1. The van der Waals surface area contributed by atoms with Gasteiger partial charge in [-0.25, -0.2) is 0 Å². The molecule has 0 aliphatic heterocycles. The van der Waals surface area contributed by atoms with Gasteiger partial charge in [0.15, 0.2) is 0 Å². The highest BCUT2D eigenvalue weighted by Crippen LogP contribution is 2.15. The van der Waals surface area contributed by atoms with Crippen LogP contribution in [-0.4, -0.2) is 16.7 Å². The second-order valence-electron chi connectivity index (χ2n) is 2.97. The monoisotopic (exact) mass is 199 g/mol. The summed E-state index contributed by atoms with van der Waals surface area (Å²) in [5, 5.41) is 11.5. The predicted octanol–water partition coefficient (Wildman–Crippen LogP) is 2.89. The zero-order valence-corrected chi connectivity index (χ0v) is 7.96. The Hall–Kier alpha value is -2.26. The van der Waals surface area contributed by atoms with E-state index < -0.39 is 0 Å². The van der Waals surface area contributed by atoms with Gasteiger partial charge in [0.1, 0.15) is 0 Å². The minimum atomic E-state index is 0.351. The Morgan fingerprint density at radius 3 is 3.20 bits per heavy atom. The SMILES string of the molecule is [N-]=[N+]=NCC=Cc1[nH]nc2ccccc12. The van der Waals surface area contributed by atoms with Gasteiger partial charge < -0.3 is 0 Å². The smallest absolute Gasteiger partial charge is 0.0927 e. The molecule has 0 spiro atoms. The van der Waals surface area contributed by atoms with E-state index in [0.717, 1.165) is 16.6 Å². The topological polar surface area (TPSA) is 77.4 Å². The van der Waals surface area contributed by atoms with Crippen molar-refractivity contribution in [3.8, 4) is 0 Å². The minimum absolute atomic E-state index is 0.351. The molecule has 0 fully saturated rings. The molecule has 5 heteroatoms. The Balaban J connectivity index is 2.28. The predicted molar refractivity (Wildman–Crippen MR) is 59.1 cm³/mol. The summed E-state index contributed by atoms with van der Waals surface area (Å²) in [7, 11) is 0. The summed E-state index contributed by atoms with van der Waals surface area (Å²) in [6.07, 6.45) is 3.66. The number of para-hydroxylation sites is 1. The van der Waals surface area contributed by atoms with Crippen molar-refractivity contribution in [2.24, 2.45) is 5.11 Å². The van der Waals surface area contributed by atoms with E-state index in [1.54, 1.807) is 6.08 Å². The number of fused-ring (bicyclic) bond motifs is 1. The summed E-state index contributed by atoms with van der Waals surface area (Å²) < 4.78 is 0. The van der Waals surface area contributed by atoms with Gasteiger partial charge in [0.2, 0.25) is 0 Å². The molecule has 0 radical (unpaired) electrons. The van der Waals surface area contributed by atoms with Crippen LogP contribution in [0.25, 0.3) is 27.4 Å². The number of benzene rings is 1. The molecular weight excluding hydrogens is 190 g/mol. The Morgan fingerprint density at radius 1 is 1.47 bits per heavy atom. The van der Waals surface area contributed by atoms with Crippen molar-refractivity contribution in [3.63, 3.8) is 0 Å². The van der Waals surface area contributed by atoms with Gasteiger partial charge in [0, 0.05) is 16.8 Å². The van der Waals surface area contributed by atoms with Crippen molar-refractivity contribution in [1.82, 2.24) is 10.2 Å². The maximum absolute atomic E-state index is 8.10. The molecule has 0 saturated heterocycles. The normalized spacial score (nSPS) is 10.7. The van der Waals surface area contributed by atoms with Crippen molar-refractivity contribution in [2.75, 3.05) is 6.54 Å². The van der Waals surface area contributed by atoms with Crippen molar-refractivity contribution >= 4 is 17.0 Å². The molecular formula is C10H9N5. The van der Waals surface area contributed by atoms with E-state index in [1.165, 1.54) is 0 Å². The summed E-state index contributed by atoms with van der Waals surface area (Å²) in [6.45, 7) is 0.351. The summed E-state index contributed by atoms with van der Waals surface area (Å²) in [5.74, 6) is 0. The molecule has 0 amide bonds. The lowest BCUT2D eigenvalue weighted by atomic mass is 10.2. The van der Waals surface area contributed by atoms with Crippen LogP contribution in [0.15, 0.2) is 35.5 Å². The highest BCUT2D eigenvalue weighted by Gasteiger charge is 1.99. The first kappa shape index (κ1) is 9.30. The number of hydrogen-bond acceptors (Lipinski definition) is 2. The second kappa shape index (κ2) is 4.30. The fourth-order valence-electron chi connectivity index (χ4n) is 1.36. The van der Waals surface area contributed by atoms with Gasteiger partial charge in [-0.3, -0.25) is 5.10 Å². The number of nitrogens with one attached hydrogen (secondary N) is 1. The molecule has 5 nitrogen and oxygen atoms in total. The summed E-state index contributed by atoms with van der Waals surface area (Å²) >= 11 is 0. The highest BCUT2D eigenvalue weighted by atomic mass is 15.1. The molecule has 0 saturated carbocycles. The number of rotatable bonds is 3. The number of nitrogens with zero attached hydrogens (tertiary/aromatic N) is 4. The Labute approximate surface area is 86.0 Å². The molecule has 2 rings (SSSR count). The van der Waals surface area contributed by atoms with E-state index in [2.05, 4.69) is 20.2 Å². The van der Waals surface area contributed by atoms with Gasteiger partial charge in [-0.15, -0.1) is 0 Å². The first-order chi connectivity index (χ1) is 7.42. The lowest BCUT2D eigenvalue weighted by molar-refractivity contribution is 1.10. The Kier molecular flexibility index (Phi) is 2.67. The van der Waals surface area contributed by atoms with Crippen LogP contribution < -0.4 is 0 Å². The third kappa shape index (κ3) is 1.98. The molecule has 1 aromatic carbocycles. The molecule has 0 unspecified atom stereocenters. The van der Waals surface area contributed by atoms with Crippen LogP contribution >= 0.6 is 0 Å². The quantitative estimate of drug-likeness (QED) is 0.460. The molecule has 0 atom stereocenters. The Bertz CT molecular complexity index is 533. The van der Waals surface area contributed by atoms with Crippen molar-refractivity contribution < 1.29 is 0 Å². The maximum Gasteiger partial charge on any atom is 0.0927 e. The van der Waals surface area contributed by atoms with Gasteiger partial charge >= 0.3 is 0 Å². The van der Waals surface area contributed by atoms with Crippen LogP contribution in [0.2, 0.25) is 0 Å². The summed E-state index contributed by atoms with van der Waals surface area (Å²) in [5.41, 5.74) is 9.96. The molecule has 0 aliphatic rings. The molecule has 0 aliphatic carbocycles. The van der Waals surface area contributed by atoms with Crippen molar-refractivity contribution in [3.05, 3.63) is 46.5 Å². The largest absolute Gasteiger partial charge is 0.277 e. The van der Waals surface area contributed by atoms with E-state index >= 15 is 0 Å². The third-order valence-electron chi connectivity index (χ3n) is 2.03. The van der Waals surface area contributed by atoms with E-state index in [0.29, 0.717) is 6.54 Å². The second-order valence-corrected chi connectivity index (χ2v) is 2.97. The van der Waals surface area contributed by atoms with Crippen LogP contribution in [0.4, 0.5) is 0 Å². The number of H-pyrrole nitrogens is 1. The van der Waals surface area contributed by atoms with Gasteiger partial charge in [-0.1, -0.05) is 29.4 Å². The number of aromatic amines is 1. The first-order valence-corrected chi connectivity index (χ1v) is 4.52. The maximum atomic E-state index is 8.10. The lowest BCUT2D eigenvalue weighted by Crippen LogP contribution is -1.73. The molecule has 1 aromatic heterocycles. The van der Waals surface area contributed by atoms with Gasteiger partial charge in [-0.2, -0.15) is 5.10 Å². The van der Waals surface area contributed by atoms with Crippen LogP contribution in [0, 0.1) is 0 Å². The Morgan fingerprint density at radius 2 is 2.33 bits per heavy atom. The number of azide groups is 1. The highest BCUT2D eigenvalue weighted by molar-refractivity contribution is 5.86. The first-order valence-electron chi connectivity index (χ1n) is 4.52. The van der Waals surface area contributed by atoms with E-state index in [9.17, 15) is 0 Å². The molecule has 2 aromatic rings. The molecule has 1 N–H and O–H groups in total. The van der Waals surface area contributed by atoms with Crippen molar-refractivity contribution in [1.29, 1.82) is 0 Å². The third-order valence-corrected chi connectivity index (χ3v) is 2.03. The average molecular weight is 199 g/mol. The fourth-order valence-corrected chi connectivity index (χ4v) is 1.36. The molecule has 0 bridgehead atoms. The molecule has 74 valence electrons. The summed E-state index contributed by atoms with van der Waals surface area (Å²) in [4.78, 5) is 2.66. The standard InChI is InChI=1S/C10H9N5/c11-15-12-7-3-6-10-8-4-1-2-5-9(8)13-14-10/h1-6H,7H2,(H,13,14). The molecule has 1 heterocycles. The lowest BCUT2D eigenvalue weighted by Gasteiger charge is -1.88. The average Bonchev–Trinajstić information content (AvgIpc) is 2.68. The zero-order chi connectivity index (χ0) is 10.5. The van der Waals surface area contributed by atoms with Crippen LogP contribution in [0.1, 0.15) is 5.69 Å². The summed E-state index contributed by atoms with van der Waals surface area (Å²) in [6, 6.07) is 7.84. The van der Waals surface area contributed by atoms with Gasteiger partial charge in [0.25, 0.3) is 0 Å². The zero-order valence-electron chi connectivity index (χ0n) is 7.96. The number of aromatic nitrogens is 2. The van der Waals surface area contributed by atoms with Gasteiger partial charge in [0.05, 0.1) is 11.2 Å². The molecule has 15 heavy (non-hydrogen) atoms.